The largest absolute Gasteiger partial charge is 0.331 e. The van der Waals surface area contributed by atoms with Crippen LogP contribution < -0.4 is 16.8 Å². The molecule has 0 spiro atoms. The van der Waals surface area contributed by atoms with Crippen molar-refractivity contribution in [1.29, 1.82) is 0 Å². The maximum atomic E-state index is 12.2. The molecular weight excluding hydrogens is 426 g/mol. The molecule has 2 rings (SSSR count). The van der Waals surface area contributed by atoms with Gasteiger partial charge in [-0.1, -0.05) is 54.5 Å². The monoisotopic (exact) mass is 475 g/mol. The molecule has 0 aliphatic rings. The van der Waals surface area contributed by atoms with E-state index >= 15 is 0 Å². The van der Waals surface area contributed by atoms with E-state index in [0.717, 1.165) is 11.5 Å². The first kappa shape index (κ1) is 31.6. The molecule has 2 aromatic heterocycles. The normalized spacial score (nSPS) is 11.3. The standard InChI is InChI=1S/C13H22N2O2.C11H17NO.C4H10/c1-8(2)11-7-14(9(3)4)13(17)15(10(5)6)12(11)16;1-8(2)10-6-5-7-12(9(3)4)11(10)13;1-4(2)3/h7-10H,1-6H3;5-9H,1-4H3;4H,1-3H3. The van der Waals surface area contributed by atoms with Gasteiger partial charge >= 0.3 is 5.69 Å². The van der Waals surface area contributed by atoms with Gasteiger partial charge < -0.3 is 4.57 Å². The number of aromatic nitrogens is 3. The average molecular weight is 476 g/mol. The van der Waals surface area contributed by atoms with Crippen molar-refractivity contribution in [1.82, 2.24) is 13.7 Å². The van der Waals surface area contributed by atoms with Gasteiger partial charge in [0.25, 0.3) is 11.1 Å². The molecule has 0 aliphatic carbocycles. The molecule has 0 aliphatic heterocycles. The quantitative estimate of drug-likeness (QED) is 0.495. The summed E-state index contributed by atoms with van der Waals surface area (Å²) < 4.78 is 4.75. The van der Waals surface area contributed by atoms with Crippen molar-refractivity contribution < 1.29 is 0 Å². The van der Waals surface area contributed by atoms with Crippen molar-refractivity contribution >= 4 is 0 Å². The third-order valence-corrected chi connectivity index (χ3v) is 5.05. The highest BCUT2D eigenvalue weighted by Crippen LogP contribution is 2.11. The van der Waals surface area contributed by atoms with E-state index in [-0.39, 0.29) is 40.9 Å². The lowest BCUT2D eigenvalue weighted by Crippen LogP contribution is -2.43. The van der Waals surface area contributed by atoms with Crippen LogP contribution in [0.1, 0.15) is 131 Å². The van der Waals surface area contributed by atoms with Crippen molar-refractivity contribution in [2.24, 2.45) is 5.92 Å². The zero-order chi connectivity index (χ0) is 26.9. The van der Waals surface area contributed by atoms with Crippen molar-refractivity contribution in [2.75, 3.05) is 0 Å². The Hall–Kier alpha value is -2.37. The van der Waals surface area contributed by atoms with Crippen LogP contribution in [0.2, 0.25) is 0 Å². The highest BCUT2D eigenvalue weighted by molar-refractivity contribution is 5.14. The van der Waals surface area contributed by atoms with Crippen LogP contribution in [0, 0.1) is 5.92 Å². The lowest BCUT2D eigenvalue weighted by atomic mass is 10.1. The predicted octanol–water partition coefficient (Wildman–Crippen LogP) is 6.51. The summed E-state index contributed by atoms with van der Waals surface area (Å²) in [7, 11) is 0. The second kappa shape index (κ2) is 14.1. The molecule has 0 radical (unpaired) electrons. The minimum Gasteiger partial charge on any atom is -0.313 e. The lowest BCUT2D eigenvalue weighted by molar-refractivity contribution is 0.464. The fourth-order valence-corrected chi connectivity index (χ4v) is 3.21. The zero-order valence-electron chi connectivity index (χ0n) is 23.8. The fourth-order valence-electron chi connectivity index (χ4n) is 3.21. The van der Waals surface area contributed by atoms with E-state index in [4.69, 9.17) is 0 Å². The molecule has 34 heavy (non-hydrogen) atoms. The molecule has 0 bridgehead atoms. The fraction of sp³-hybridized carbons (Fsp3) is 0.679. The Morgan fingerprint density at radius 2 is 1.03 bits per heavy atom. The minimum atomic E-state index is -0.218. The van der Waals surface area contributed by atoms with Crippen molar-refractivity contribution in [3.05, 3.63) is 66.8 Å². The van der Waals surface area contributed by atoms with Crippen molar-refractivity contribution in [3.63, 3.8) is 0 Å². The molecule has 0 unspecified atom stereocenters. The van der Waals surface area contributed by atoms with Gasteiger partial charge in [0.05, 0.1) is 0 Å². The van der Waals surface area contributed by atoms with Crippen molar-refractivity contribution in [3.8, 4) is 0 Å². The second-order valence-corrected chi connectivity index (χ2v) is 10.9. The molecule has 6 nitrogen and oxygen atoms in total. The average Bonchev–Trinajstić information content (AvgIpc) is 2.67. The Balaban J connectivity index is 0.000000567. The molecule has 2 heterocycles. The van der Waals surface area contributed by atoms with E-state index in [1.54, 1.807) is 15.3 Å². The number of nitrogens with zero attached hydrogens (tertiary/aromatic N) is 3. The van der Waals surface area contributed by atoms with Crippen LogP contribution in [0.4, 0.5) is 0 Å². The van der Waals surface area contributed by atoms with E-state index in [0.29, 0.717) is 11.5 Å². The van der Waals surface area contributed by atoms with Gasteiger partial charge in [-0.2, -0.15) is 0 Å². The summed E-state index contributed by atoms with van der Waals surface area (Å²) in [5, 5.41) is 0. The number of hydrogen-bond acceptors (Lipinski definition) is 3. The third-order valence-electron chi connectivity index (χ3n) is 5.05. The first-order valence-electron chi connectivity index (χ1n) is 12.6. The molecule has 194 valence electrons. The topological polar surface area (TPSA) is 66.0 Å². The highest BCUT2D eigenvalue weighted by Gasteiger charge is 2.16. The predicted molar refractivity (Wildman–Crippen MR) is 146 cm³/mol. The third kappa shape index (κ3) is 9.11. The summed E-state index contributed by atoms with van der Waals surface area (Å²) in [6, 6.07) is 4.04. The summed E-state index contributed by atoms with van der Waals surface area (Å²) >= 11 is 0. The van der Waals surface area contributed by atoms with Crippen LogP contribution >= 0.6 is 0 Å². The molecule has 0 aromatic carbocycles. The number of rotatable bonds is 5. The summed E-state index contributed by atoms with van der Waals surface area (Å²) in [4.78, 5) is 36.2. The van der Waals surface area contributed by atoms with E-state index in [1.807, 2.05) is 87.6 Å². The molecule has 0 N–H and O–H groups in total. The van der Waals surface area contributed by atoms with Gasteiger partial charge in [0, 0.05) is 41.6 Å². The summed E-state index contributed by atoms with van der Waals surface area (Å²) in [6.07, 6.45) is 3.55. The van der Waals surface area contributed by atoms with E-state index < -0.39 is 0 Å². The van der Waals surface area contributed by atoms with Gasteiger partial charge in [-0.3, -0.25) is 18.7 Å². The van der Waals surface area contributed by atoms with Crippen LogP contribution in [0.15, 0.2) is 38.9 Å². The smallest absolute Gasteiger partial charge is 0.313 e. The van der Waals surface area contributed by atoms with E-state index in [2.05, 4.69) is 20.8 Å². The SMILES string of the molecule is CC(C)C.CC(C)c1cccn(C(C)C)c1=O.CC(C)c1cn(C(C)C)c(=O)n(C(C)C)c1=O. The number of hydrogen-bond donors (Lipinski definition) is 0. The maximum absolute atomic E-state index is 12.2. The zero-order valence-corrected chi connectivity index (χ0v) is 23.8. The van der Waals surface area contributed by atoms with Crippen LogP contribution in [-0.4, -0.2) is 13.7 Å². The van der Waals surface area contributed by atoms with Gasteiger partial charge in [0.1, 0.15) is 0 Å². The number of pyridine rings is 1. The first-order chi connectivity index (χ1) is 15.5. The van der Waals surface area contributed by atoms with Crippen LogP contribution in [0.25, 0.3) is 0 Å². The van der Waals surface area contributed by atoms with Crippen LogP contribution in [-0.2, 0) is 0 Å². The second-order valence-electron chi connectivity index (χ2n) is 10.9. The van der Waals surface area contributed by atoms with Crippen molar-refractivity contribution in [2.45, 2.75) is 120 Å². The maximum Gasteiger partial charge on any atom is 0.331 e. The van der Waals surface area contributed by atoms with Gasteiger partial charge in [0.15, 0.2) is 0 Å². The molecule has 6 heteroatoms. The Morgan fingerprint density at radius 3 is 1.38 bits per heavy atom. The van der Waals surface area contributed by atoms with Gasteiger partial charge in [-0.05, 0) is 65.4 Å². The van der Waals surface area contributed by atoms with Gasteiger partial charge in [0.2, 0.25) is 0 Å². The lowest BCUT2D eigenvalue weighted by Gasteiger charge is -2.18. The Morgan fingerprint density at radius 1 is 0.588 bits per heavy atom. The van der Waals surface area contributed by atoms with E-state index in [9.17, 15) is 14.4 Å². The molecule has 0 amide bonds. The molecule has 0 saturated carbocycles. The van der Waals surface area contributed by atoms with Crippen LogP contribution in [0.5, 0.6) is 0 Å². The van der Waals surface area contributed by atoms with Gasteiger partial charge in [-0.15, -0.1) is 0 Å². The van der Waals surface area contributed by atoms with Gasteiger partial charge in [-0.25, -0.2) is 4.79 Å². The molecule has 0 saturated heterocycles. The first-order valence-corrected chi connectivity index (χ1v) is 12.6. The molecule has 2 aromatic rings. The van der Waals surface area contributed by atoms with E-state index in [1.165, 1.54) is 4.57 Å². The summed E-state index contributed by atoms with van der Waals surface area (Å²) in [5.41, 5.74) is 1.37. The summed E-state index contributed by atoms with van der Waals surface area (Å²) in [6.45, 7) is 26.2. The molecular formula is C28H49N3O3. The summed E-state index contributed by atoms with van der Waals surface area (Å²) in [5.74, 6) is 1.26. The Kier molecular flexibility index (Phi) is 13.1. The molecule has 0 atom stereocenters. The highest BCUT2D eigenvalue weighted by atomic mass is 16.2. The Labute approximate surface area is 206 Å². The Bertz CT molecular complexity index is 980. The minimum absolute atomic E-state index is 0.0607. The van der Waals surface area contributed by atoms with Crippen LogP contribution in [0.3, 0.4) is 0 Å². The molecule has 0 fully saturated rings.